The van der Waals surface area contributed by atoms with Gasteiger partial charge in [-0.3, -0.25) is 9.89 Å². The molecule has 2 aromatic rings. The van der Waals surface area contributed by atoms with Crippen LogP contribution in [0.25, 0.3) is 0 Å². The number of rotatable bonds is 5. The molecule has 3 N–H and O–H groups in total. The Morgan fingerprint density at radius 2 is 2.04 bits per heavy atom. The molecule has 1 amide bonds. The predicted octanol–water partition coefficient (Wildman–Crippen LogP) is 2.58. The molecule has 1 aliphatic heterocycles. The standard InChI is InChI=1S/C18H24N4O2/c1-2-3-14-12-17(21-20-14)19-18(24)13-4-6-15(7-5-13)22-10-8-16(23)9-11-22/h4-7,12,16,23H,2-3,8-11H2,1H3,(H2,19,20,21,24). The van der Waals surface area contributed by atoms with Gasteiger partial charge in [-0.1, -0.05) is 13.3 Å². The van der Waals surface area contributed by atoms with Gasteiger partial charge in [0.05, 0.1) is 6.10 Å². The Labute approximate surface area is 141 Å². The Hall–Kier alpha value is -2.34. The molecule has 6 heteroatoms. The lowest BCUT2D eigenvalue weighted by atomic mass is 10.1. The summed E-state index contributed by atoms with van der Waals surface area (Å²) in [5.74, 6) is 0.391. The van der Waals surface area contributed by atoms with Crippen molar-refractivity contribution in [2.75, 3.05) is 23.3 Å². The highest BCUT2D eigenvalue weighted by atomic mass is 16.3. The number of carbonyl (C=O) groups is 1. The van der Waals surface area contributed by atoms with Gasteiger partial charge < -0.3 is 15.3 Å². The quantitative estimate of drug-likeness (QED) is 0.788. The van der Waals surface area contributed by atoms with Crippen LogP contribution < -0.4 is 10.2 Å². The van der Waals surface area contributed by atoms with Gasteiger partial charge in [0.1, 0.15) is 0 Å². The van der Waals surface area contributed by atoms with Crippen LogP contribution in [0.2, 0.25) is 0 Å². The molecule has 0 atom stereocenters. The molecule has 3 rings (SSSR count). The zero-order chi connectivity index (χ0) is 16.9. The third-order valence-electron chi connectivity index (χ3n) is 4.35. The van der Waals surface area contributed by atoms with Crippen LogP contribution in [-0.4, -0.2) is 40.4 Å². The molecule has 1 aliphatic rings. The number of aromatic nitrogens is 2. The van der Waals surface area contributed by atoms with Crippen LogP contribution in [0.1, 0.15) is 42.2 Å². The highest BCUT2D eigenvalue weighted by molar-refractivity contribution is 6.03. The fourth-order valence-corrected chi connectivity index (χ4v) is 2.96. The first kappa shape index (κ1) is 16.5. The Morgan fingerprint density at radius 1 is 1.33 bits per heavy atom. The highest BCUT2D eigenvalue weighted by Crippen LogP contribution is 2.21. The summed E-state index contributed by atoms with van der Waals surface area (Å²) in [6.45, 7) is 3.80. The summed E-state index contributed by atoms with van der Waals surface area (Å²) in [6.07, 6.45) is 3.35. The van der Waals surface area contributed by atoms with Crippen LogP contribution in [0.4, 0.5) is 11.5 Å². The normalized spacial score (nSPS) is 15.5. The van der Waals surface area contributed by atoms with Crippen LogP contribution in [0.15, 0.2) is 30.3 Å². The van der Waals surface area contributed by atoms with E-state index in [9.17, 15) is 9.90 Å². The summed E-state index contributed by atoms with van der Waals surface area (Å²) in [6, 6.07) is 9.44. The van der Waals surface area contributed by atoms with Gasteiger partial charge in [0.25, 0.3) is 5.91 Å². The molecule has 2 heterocycles. The number of amides is 1. The summed E-state index contributed by atoms with van der Waals surface area (Å²) in [5.41, 5.74) is 2.72. The third kappa shape index (κ3) is 3.94. The number of anilines is 2. The Balaban J connectivity index is 1.61. The largest absolute Gasteiger partial charge is 0.393 e. The molecule has 128 valence electrons. The molecule has 1 saturated heterocycles. The number of nitrogens with one attached hydrogen (secondary N) is 2. The monoisotopic (exact) mass is 328 g/mol. The van der Waals surface area contributed by atoms with E-state index in [1.165, 1.54) is 0 Å². The Morgan fingerprint density at radius 3 is 2.71 bits per heavy atom. The van der Waals surface area contributed by atoms with Crippen molar-refractivity contribution in [3.05, 3.63) is 41.6 Å². The van der Waals surface area contributed by atoms with E-state index in [2.05, 4.69) is 27.3 Å². The molecule has 0 radical (unpaired) electrons. The Kier molecular flexibility index (Phi) is 5.15. The van der Waals surface area contributed by atoms with Gasteiger partial charge in [0.15, 0.2) is 5.82 Å². The molecule has 1 aromatic heterocycles. The van der Waals surface area contributed by atoms with Crippen LogP contribution >= 0.6 is 0 Å². The van der Waals surface area contributed by atoms with Gasteiger partial charge in [-0.2, -0.15) is 5.10 Å². The van der Waals surface area contributed by atoms with E-state index >= 15 is 0 Å². The maximum Gasteiger partial charge on any atom is 0.256 e. The Bertz CT molecular complexity index is 673. The minimum atomic E-state index is -0.183. The molecule has 1 aromatic carbocycles. The molecule has 6 nitrogen and oxygen atoms in total. The van der Waals surface area contributed by atoms with Gasteiger partial charge in [0.2, 0.25) is 0 Å². The van der Waals surface area contributed by atoms with Crippen LogP contribution in [-0.2, 0) is 6.42 Å². The zero-order valence-corrected chi connectivity index (χ0v) is 14.0. The fourth-order valence-electron chi connectivity index (χ4n) is 2.96. The molecule has 0 aliphatic carbocycles. The van der Waals surface area contributed by atoms with Crippen molar-refractivity contribution in [2.24, 2.45) is 0 Å². The van der Waals surface area contributed by atoms with Crippen molar-refractivity contribution in [3.8, 4) is 0 Å². The van der Waals surface area contributed by atoms with E-state index in [0.29, 0.717) is 11.4 Å². The first-order valence-electron chi connectivity index (χ1n) is 8.54. The number of benzene rings is 1. The highest BCUT2D eigenvalue weighted by Gasteiger charge is 2.17. The number of piperidine rings is 1. The molecular weight excluding hydrogens is 304 g/mol. The van der Waals surface area contributed by atoms with Gasteiger partial charge in [0, 0.05) is 36.1 Å². The first-order chi connectivity index (χ1) is 11.7. The number of aliphatic hydroxyl groups is 1. The molecule has 24 heavy (non-hydrogen) atoms. The fraction of sp³-hybridized carbons (Fsp3) is 0.444. The number of hydrogen-bond acceptors (Lipinski definition) is 4. The second kappa shape index (κ2) is 7.49. The van der Waals surface area contributed by atoms with E-state index in [1.807, 2.05) is 30.3 Å². The second-order valence-electron chi connectivity index (χ2n) is 6.25. The molecule has 0 spiro atoms. The van der Waals surface area contributed by atoms with Crippen molar-refractivity contribution in [2.45, 2.75) is 38.7 Å². The number of carbonyl (C=O) groups excluding carboxylic acids is 1. The van der Waals surface area contributed by atoms with Crippen molar-refractivity contribution < 1.29 is 9.90 Å². The minimum Gasteiger partial charge on any atom is -0.393 e. The average molecular weight is 328 g/mol. The average Bonchev–Trinajstić information content (AvgIpc) is 3.03. The zero-order valence-electron chi connectivity index (χ0n) is 14.0. The molecular formula is C18H24N4O2. The van der Waals surface area contributed by atoms with E-state index in [1.54, 1.807) is 0 Å². The smallest absolute Gasteiger partial charge is 0.256 e. The van der Waals surface area contributed by atoms with E-state index < -0.39 is 0 Å². The topological polar surface area (TPSA) is 81.2 Å². The van der Waals surface area contributed by atoms with Gasteiger partial charge in [-0.15, -0.1) is 0 Å². The minimum absolute atomic E-state index is 0.162. The number of aromatic amines is 1. The number of H-pyrrole nitrogens is 1. The SMILES string of the molecule is CCCc1cc(NC(=O)c2ccc(N3CCC(O)CC3)cc2)n[nH]1. The summed E-state index contributed by atoms with van der Waals surface area (Å²) in [7, 11) is 0. The van der Waals surface area contributed by atoms with E-state index in [4.69, 9.17) is 0 Å². The third-order valence-corrected chi connectivity index (χ3v) is 4.35. The summed E-state index contributed by atoms with van der Waals surface area (Å²) in [4.78, 5) is 14.5. The predicted molar refractivity (Wildman–Crippen MR) is 94.4 cm³/mol. The number of aryl methyl sites for hydroxylation is 1. The molecule has 1 fully saturated rings. The lowest BCUT2D eigenvalue weighted by molar-refractivity contribution is 0.102. The van der Waals surface area contributed by atoms with Crippen molar-refractivity contribution in [1.82, 2.24) is 10.2 Å². The van der Waals surface area contributed by atoms with Gasteiger partial charge >= 0.3 is 0 Å². The molecule has 0 bridgehead atoms. The van der Waals surface area contributed by atoms with Crippen molar-refractivity contribution in [1.29, 1.82) is 0 Å². The number of hydrogen-bond donors (Lipinski definition) is 3. The number of nitrogens with zero attached hydrogens (tertiary/aromatic N) is 2. The lowest BCUT2D eigenvalue weighted by Crippen LogP contribution is -2.35. The van der Waals surface area contributed by atoms with Crippen LogP contribution in [0, 0.1) is 0 Å². The second-order valence-corrected chi connectivity index (χ2v) is 6.25. The van der Waals surface area contributed by atoms with Gasteiger partial charge in [-0.25, -0.2) is 0 Å². The van der Waals surface area contributed by atoms with Crippen molar-refractivity contribution >= 4 is 17.4 Å². The maximum absolute atomic E-state index is 12.3. The van der Waals surface area contributed by atoms with E-state index in [-0.39, 0.29) is 12.0 Å². The summed E-state index contributed by atoms with van der Waals surface area (Å²) >= 11 is 0. The first-order valence-corrected chi connectivity index (χ1v) is 8.54. The molecule has 0 unspecified atom stereocenters. The van der Waals surface area contributed by atoms with Crippen molar-refractivity contribution in [3.63, 3.8) is 0 Å². The number of aliphatic hydroxyl groups excluding tert-OH is 1. The van der Waals surface area contributed by atoms with Crippen LogP contribution in [0.5, 0.6) is 0 Å². The summed E-state index contributed by atoms with van der Waals surface area (Å²) in [5, 5.41) is 19.4. The maximum atomic E-state index is 12.3. The van der Waals surface area contributed by atoms with Gasteiger partial charge in [-0.05, 0) is 43.5 Å². The lowest BCUT2D eigenvalue weighted by Gasteiger charge is -2.31. The molecule has 0 saturated carbocycles. The summed E-state index contributed by atoms with van der Waals surface area (Å²) < 4.78 is 0. The van der Waals surface area contributed by atoms with Crippen LogP contribution in [0.3, 0.4) is 0 Å². The van der Waals surface area contributed by atoms with E-state index in [0.717, 1.165) is 50.2 Å².